The zero-order chi connectivity index (χ0) is 29.2. The number of aryl methyl sites for hydroxylation is 1. The van der Waals surface area contributed by atoms with Crippen LogP contribution in [0.25, 0.3) is 5.69 Å². The third-order valence-electron chi connectivity index (χ3n) is 6.46. The number of carbonyl (C=O) groups excluding carboxylic acids is 2. The zero-order valence-corrected chi connectivity index (χ0v) is 24.5. The Bertz CT molecular complexity index is 1430. The lowest BCUT2D eigenvalue weighted by Gasteiger charge is -2.24. The fraction of sp³-hybridized carbons (Fsp3) is 0.367. The van der Waals surface area contributed by atoms with Crippen molar-refractivity contribution < 1.29 is 14.3 Å². The molecule has 4 N–H and O–H groups in total. The smallest absolute Gasteiger partial charge is 0.270 e. The van der Waals surface area contributed by atoms with Crippen molar-refractivity contribution in [2.45, 2.75) is 53.9 Å². The van der Waals surface area contributed by atoms with Crippen LogP contribution in [0.15, 0.2) is 60.7 Å². The molecule has 0 unspecified atom stereocenters. The number of hydrazine groups is 2. The quantitative estimate of drug-likeness (QED) is 0.344. The molecule has 212 valence electrons. The zero-order valence-electron chi connectivity index (χ0n) is 24.5. The number of ether oxygens (including phenoxy) is 1. The summed E-state index contributed by atoms with van der Waals surface area (Å²) in [6.07, 6.45) is 5.21. The van der Waals surface area contributed by atoms with E-state index in [0.717, 1.165) is 22.5 Å². The van der Waals surface area contributed by atoms with Gasteiger partial charge < -0.3 is 15.4 Å². The highest BCUT2D eigenvalue weighted by Crippen LogP contribution is 2.37. The van der Waals surface area contributed by atoms with Gasteiger partial charge in [-0.1, -0.05) is 47.6 Å². The first-order valence-electron chi connectivity index (χ1n) is 13.2. The normalized spacial score (nSPS) is 13.5. The van der Waals surface area contributed by atoms with Crippen LogP contribution in [0.3, 0.4) is 0 Å². The van der Waals surface area contributed by atoms with Crippen LogP contribution in [-0.4, -0.2) is 35.2 Å². The van der Waals surface area contributed by atoms with Gasteiger partial charge in [-0.25, -0.2) is 4.68 Å². The fourth-order valence-corrected chi connectivity index (χ4v) is 4.14. The SMILES string of the molecule is COc1c(NC(=O)c2ccc(C)c(N3C=C(C(=O)NCC(C)(C)C)NN3)c2)cc(C(C)(C)C)cc1-n1cccn1. The molecule has 0 radical (unpaired) electrons. The van der Waals surface area contributed by atoms with E-state index in [1.54, 1.807) is 41.3 Å². The van der Waals surface area contributed by atoms with E-state index in [1.165, 1.54) is 0 Å². The van der Waals surface area contributed by atoms with Gasteiger partial charge in [-0.15, -0.1) is 5.53 Å². The average Bonchev–Trinajstić information content (AvgIpc) is 3.59. The van der Waals surface area contributed by atoms with Crippen molar-refractivity contribution in [3.8, 4) is 11.4 Å². The number of amides is 2. The summed E-state index contributed by atoms with van der Waals surface area (Å²) in [7, 11) is 1.58. The molecule has 0 aliphatic carbocycles. The summed E-state index contributed by atoms with van der Waals surface area (Å²) in [6, 6.07) is 11.2. The fourth-order valence-electron chi connectivity index (χ4n) is 4.14. The maximum Gasteiger partial charge on any atom is 0.270 e. The van der Waals surface area contributed by atoms with Gasteiger partial charge in [-0.2, -0.15) is 5.10 Å². The number of anilines is 2. The van der Waals surface area contributed by atoms with Crippen LogP contribution in [0.1, 0.15) is 63.0 Å². The minimum Gasteiger partial charge on any atom is -0.492 e. The Morgan fingerprint density at radius 3 is 2.40 bits per heavy atom. The van der Waals surface area contributed by atoms with Gasteiger partial charge >= 0.3 is 0 Å². The van der Waals surface area contributed by atoms with Crippen LogP contribution in [0.4, 0.5) is 11.4 Å². The van der Waals surface area contributed by atoms with Crippen molar-refractivity contribution in [1.82, 2.24) is 26.1 Å². The number of methoxy groups -OCH3 is 1. The number of nitrogens with one attached hydrogen (secondary N) is 4. The third kappa shape index (κ3) is 6.45. The highest BCUT2D eigenvalue weighted by atomic mass is 16.5. The van der Waals surface area contributed by atoms with Crippen LogP contribution in [-0.2, 0) is 10.2 Å². The summed E-state index contributed by atoms with van der Waals surface area (Å²) in [5.74, 6) is 0.00299. The Balaban J connectivity index is 1.62. The van der Waals surface area contributed by atoms with E-state index in [0.29, 0.717) is 29.2 Å². The summed E-state index contributed by atoms with van der Waals surface area (Å²) in [4.78, 5) is 26.2. The molecule has 4 rings (SSSR count). The van der Waals surface area contributed by atoms with Crippen LogP contribution >= 0.6 is 0 Å². The number of benzene rings is 2. The van der Waals surface area contributed by atoms with Crippen molar-refractivity contribution in [3.63, 3.8) is 0 Å². The lowest BCUT2D eigenvalue weighted by Crippen LogP contribution is -2.40. The molecule has 1 aromatic heterocycles. The highest BCUT2D eigenvalue weighted by Gasteiger charge is 2.24. The Morgan fingerprint density at radius 2 is 1.77 bits per heavy atom. The molecule has 40 heavy (non-hydrogen) atoms. The predicted octanol–water partition coefficient (Wildman–Crippen LogP) is 4.57. The van der Waals surface area contributed by atoms with Crippen molar-refractivity contribution >= 4 is 23.2 Å². The van der Waals surface area contributed by atoms with E-state index in [1.807, 2.05) is 37.4 Å². The summed E-state index contributed by atoms with van der Waals surface area (Å²) in [6.45, 7) is 15.0. The predicted molar refractivity (Wildman–Crippen MR) is 157 cm³/mol. The summed E-state index contributed by atoms with van der Waals surface area (Å²) in [5.41, 5.74) is 10.5. The number of carbonyl (C=O) groups is 2. The molecule has 0 fully saturated rings. The van der Waals surface area contributed by atoms with Gasteiger partial charge in [0.2, 0.25) is 0 Å². The molecule has 2 aromatic carbocycles. The van der Waals surface area contributed by atoms with E-state index in [2.05, 4.69) is 68.2 Å². The molecule has 1 aliphatic rings. The molecule has 0 spiro atoms. The van der Waals surface area contributed by atoms with E-state index >= 15 is 0 Å². The van der Waals surface area contributed by atoms with Crippen molar-refractivity contribution in [2.75, 3.05) is 24.0 Å². The number of rotatable bonds is 7. The molecule has 10 nitrogen and oxygen atoms in total. The van der Waals surface area contributed by atoms with Gasteiger partial charge in [-0.3, -0.25) is 20.0 Å². The molecule has 0 saturated heterocycles. The lowest BCUT2D eigenvalue weighted by molar-refractivity contribution is -0.118. The molecule has 0 atom stereocenters. The van der Waals surface area contributed by atoms with E-state index < -0.39 is 0 Å². The van der Waals surface area contributed by atoms with E-state index in [4.69, 9.17) is 4.74 Å². The Hall–Kier alpha value is -4.31. The standard InChI is InChI=1S/C30H39N7O3/c1-19-10-11-20(14-24(19)37-17-23(34-35-37)28(39)31-18-29(2,3)4)27(38)33-22-15-21(30(5,6)7)16-25(26(22)40-8)36-13-9-12-32-36/h9-17,34-35H,18H2,1-8H3,(H,31,39)(H,33,38). The summed E-state index contributed by atoms with van der Waals surface area (Å²) < 4.78 is 7.48. The first-order chi connectivity index (χ1) is 18.8. The maximum absolute atomic E-state index is 13.5. The monoisotopic (exact) mass is 545 g/mol. The maximum atomic E-state index is 13.5. The molecular formula is C30H39N7O3. The minimum absolute atomic E-state index is 0.0333. The van der Waals surface area contributed by atoms with Gasteiger partial charge in [0.25, 0.3) is 11.8 Å². The van der Waals surface area contributed by atoms with Crippen molar-refractivity contribution in [3.05, 3.63) is 77.4 Å². The summed E-state index contributed by atoms with van der Waals surface area (Å²) >= 11 is 0. The first-order valence-corrected chi connectivity index (χ1v) is 13.2. The molecule has 1 aliphatic heterocycles. The second-order valence-electron chi connectivity index (χ2n) is 12.1. The highest BCUT2D eigenvalue weighted by molar-refractivity contribution is 6.06. The molecule has 2 amide bonds. The van der Waals surface area contributed by atoms with Crippen LogP contribution in [0, 0.1) is 12.3 Å². The lowest BCUT2D eigenvalue weighted by atomic mass is 9.86. The summed E-state index contributed by atoms with van der Waals surface area (Å²) in [5, 5.41) is 12.0. The Morgan fingerprint density at radius 1 is 1.02 bits per heavy atom. The van der Waals surface area contributed by atoms with Crippen LogP contribution < -0.4 is 31.3 Å². The van der Waals surface area contributed by atoms with E-state index in [-0.39, 0.29) is 22.6 Å². The van der Waals surface area contributed by atoms with Gasteiger partial charge in [0.05, 0.1) is 24.7 Å². The first kappa shape index (κ1) is 28.7. The van der Waals surface area contributed by atoms with Crippen LogP contribution in [0.2, 0.25) is 0 Å². The second kappa shape index (κ2) is 11.1. The molecular weight excluding hydrogens is 506 g/mol. The number of hydrogen-bond acceptors (Lipinski definition) is 7. The minimum atomic E-state index is -0.295. The molecule has 0 saturated carbocycles. The number of nitrogens with zero attached hydrogens (tertiary/aromatic N) is 3. The molecule has 3 aromatic rings. The number of aromatic nitrogens is 2. The van der Waals surface area contributed by atoms with Gasteiger partial charge in [-0.05, 0) is 59.2 Å². The third-order valence-corrected chi connectivity index (χ3v) is 6.46. The Kier molecular flexibility index (Phi) is 7.93. The van der Waals surface area contributed by atoms with Gasteiger partial charge in [0.15, 0.2) is 5.75 Å². The Labute approximate surface area is 235 Å². The van der Waals surface area contributed by atoms with Crippen molar-refractivity contribution in [2.24, 2.45) is 5.41 Å². The largest absolute Gasteiger partial charge is 0.492 e. The topological polar surface area (TPSA) is 113 Å². The number of hydrogen-bond donors (Lipinski definition) is 4. The second-order valence-corrected chi connectivity index (χ2v) is 12.1. The molecule has 0 bridgehead atoms. The average molecular weight is 546 g/mol. The molecule has 10 heteroatoms. The molecule has 2 heterocycles. The van der Waals surface area contributed by atoms with Crippen molar-refractivity contribution in [1.29, 1.82) is 0 Å². The van der Waals surface area contributed by atoms with Crippen LogP contribution in [0.5, 0.6) is 5.75 Å². The van der Waals surface area contributed by atoms with E-state index in [9.17, 15) is 9.59 Å². The van der Waals surface area contributed by atoms with Gasteiger partial charge in [0.1, 0.15) is 11.4 Å². The van der Waals surface area contributed by atoms with Gasteiger partial charge in [0, 0.05) is 24.5 Å².